The van der Waals surface area contributed by atoms with E-state index in [1.807, 2.05) is 11.3 Å². The van der Waals surface area contributed by atoms with Gasteiger partial charge in [-0.15, -0.1) is 11.3 Å². The SMILES string of the molecule is CC1(C)c2ccc(C(c3ccc4sc5cc(-c6ccccc6)ccc5c4c3)c3ccccc3-c3ccccc3)cc2-c2c(-c3cccc4oc5ccccc5c34)cccc21. The van der Waals surface area contributed by atoms with Crippen molar-refractivity contribution in [3.63, 3.8) is 0 Å². The molecule has 0 saturated heterocycles. The number of para-hydroxylation sites is 1. The van der Waals surface area contributed by atoms with Gasteiger partial charge in [-0.25, -0.2) is 0 Å². The van der Waals surface area contributed by atoms with Gasteiger partial charge in [0.05, 0.1) is 0 Å². The summed E-state index contributed by atoms with van der Waals surface area (Å²) >= 11 is 1.89. The molecule has 1 unspecified atom stereocenters. The third-order valence-corrected chi connectivity index (χ3v) is 14.2. The first-order chi connectivity index (χ1) is 29.5. The van der Waals surface area contributed by atoms with Gasteiger partial charge in [0.1, 0.15) is 11.2 Å². The van der Waals surface area contributed by atoms with Crippen molar-refractivity contribution >= 4 is 53.4 Å². The maximum atomic E-state index is 6.42. The fourth-order valence-electron chi connectivity index (χ4n) is 10.2. The fraction of sp³-hybridized carbons (Fsp3) is 0.0690. The average Bonchev–Trinajstić information content (AvgIpc) is 3.94. The lowest BCUT2D eigenvalue weighted by molar-refractivity contribution is 0.660. The number of rotatable bonds is 6. The van der Waals surface area contributed by atoms with Crippen LogP contribution < -0.4 is 0 Å². The van der Waals surface area contributed by atoms with Crippen molar-refractivity contribution in [3.05, 3.63) is 228 Å². The van der Waals surface area contributed by atoms with E-state index in [-0.39, 0.29) is 11.3 Å². The van der Waals surface area contributed by atoms with E-state index in [2.05, 4.69) is 214 Å². The highest BCUT2D eigenvalue weighted by atomic mass is 32.1. The van der Waals surface area contributed by atoms with E-state index in [4.69, 9.17) is 4.42 Å². The minimum Gasteiger partial charge on any atom is -0.456 e. The highest BCUT2D eigenvalue weighted by Gasteiger charge is 2.38. The summed E-state index contributed by atoms with van der Waals surface area (Å²) in [4.78, 5) is 0. The third kappa shape index (κ3) is 5.38. The Labute approximate surface area is 353 Å². The first-order valence-electron chi connectivity index (χ1n) is 20.9. The lowest BCUT2D eigenvalue weighted by Crippen LogP contribution is -2.15. The molecule has 2 heteroatoms. The van der Waals surface area contributed by atoms with Crippen molar-refractivity contribution in [1.29, 1.82) is 0 Å². The molecule has 1 nitrogen and oxygen atoms in total. The molecule has 12 rings (SSSR count). The standard InChI is InChI=1S/C58H40OS/c1-58(2)49-31-28-39(34-48(49)56-44(22-13-24-50(56)58)45-23-14-26-52-57(45)46-21-11-12-25-51(46)59-52)55(43-20-10-9-19-41(43)37-17-7-4-8-18-37)40-29-32-53-47(33-40)42-30-27-38(35-54(42)60-53)36-15-5-3-6-16-36/h3-35,55H,1-2H3. The van der Waals surface area contributed by atoms with Crippen molar-refractivity contribution < 1.29 is 4.42 Å². The van der Waals surface area contributed by atoms with Gasteiger partial charge in [0.2, 0.25) is 0 Å². The van der Waals surface area contributed by atoms with E-state index in [0.29, 0.717) is 0 Å². The van der Waals surface area contributed by atoms with Crippen LogP contribution in [0.5, 0.6) is 0 Å². The summed E-state index contributed by atoms with van der Waals surface area (Å²) in [6, 6.07) is 74.0. The van der Waals surface area contributed by atoms with Crippen LogP contribution in [0, 0.1) is 0 Å². The van der Waals surface area contributed by atoms with Crippen LogP contribution in [0.1, 0.15) is 47.6 Å². The smallest absolute Gasteiger partial charge is 0.136 e. The van der Waals surface area contributed by atoms with Crippen LogP contribution in [0.2, 0.25) is 0 Å². The predicted octanol–water partition coefficient (Wildman–Crippen LogP) is 16.4. The van der Waals surface area contributed by atoms with E-state index in [9.17, 15) is 0 Å². The summed E-state index contributed by atoms with van der Waals surface area (Å²) < 4.78 is 9.04. The van der Waals surface area contributed by atoms with Crippen LogP contribution in [0.3, 0.4) is 0 Å². The molecule has 2 aromatic heterocycles. The number of furan rings is 1. The van der Waals surface area contributed by atoms with Crippen molar-refractivity contribution in [2.24, 2.45) is 0 Å². The van der Waals surface area contributed by atoms with Gasteiger partial charge in [-0.05, 0) is 109 Å². The quantitative estimate of drug-likeness (QED) is 0.153. The van der Waals surface area contributed by atoms with Crippen LogP contribution >= 0.6 is 11.3 Å². The Bertz CT molecular complexity index is 3460. The molecule has 1 atom stereocenters. The molecular weight excluding hydrogens is 745 g/mol. The molecule has 0 bridgehead atoms. The maximum absolute atomic E-state index is 6.42. The topological polar surface area (TPSA) is 13.1 Å². The molecule has 0 saturated carbocycles. The molecule has 0 fully saturated rings. The lowest BCUT2D eigenvalue weighted by Gasteiger charge is -2.25. The molecule has 0 N–H and O–H groups in total. The Morgan fingerprint density at radius 2 is 1.10 bits per heavy atom. The molecule has 0 radical (unpaired) electrons. The predicted molar refractivity (Wildman–Crippen MR) is 254 cm³/mol. The molecule has 284 valence electrons. The van der Waals surface area contributed by atoms with E-state index in [1.54, 1.807) is 0 Å². The number of fused-ring (bicyclic) bond motifs is 9. The van der Waals surface area contributed by atoms with Crippen LogP contribution in [0.25, 0.3) is 86.6 Å². The molecule has 0 aliphatic heterocycles. The van der Waals surface area contributed by atoms with Gasteiger partial charge < -0.3 is 4.42 Å². The Hall–Kier alpha value is -7.00. The second kappa shape index (κ2) is 13.5. The van der Waals surface area contributed by atoms with Gasteiger partial charge >= 0.3 is 0 Å². The number of hydrogen-bond donors (Lipinski definition) is 0. The van der Waals surface area contributed by atoms with Gasteiger partial charge in [0.15, 0.2) is 0 Å². The summed E-state index contributed by atoms with van der Waals surface area (Å²) in [6.07, 6.45) is 0. The Morgan fingerprint density at radius 1 is 0.417 bits per heavy atom. The highest BCUT2D eigenvalue weighted by molar-refractivity contribution is 7.25. The fourth-order valence-corrected chi connectivity index (χ4v) is 11.3. The number of thiophene rings is 1. The monoisotopic (exact) mass is 784 g/mol. The van der Waals surface area contributed by atoms with Gasteiger partial charge in [-0.2, -0.15) is 0 Å². The zero-order valence-corrected chi connectivity index (χ0v) is 34.3. The first-order valence-corrected chi connectivity index (χ1v) is 21.7. The van der Waals surface area contributed by atoms with Gasteiger partial charge in [0, 0.05) is 42.3 Å². The van der Waals surface area contributed by atoms with Crippen LogP contribution in [0.4, 0.5) is 0 Å². The van der Waals surface area contributed by atoms with E-state index < -0.39 is 0 Å². The van der Waals surface area contributed by atoms with Gasteiger partial charge in [-0.1, -0.05) is 178 Å². The second-order valence-corrected chi connectivity index (χ2v) is 17.8. The average molecular weight is 785 g/mol. The van der Waals surface area contributed by atoms with E-state index in [0.717, 1.165) is 16.6 Å². The second-order valence-electron chi connectivity index (χ2n) is 16.8. The molecule has 2 heterocycles. The molecule has 11 aromatic rings. The van der Waals surface area contributed by atoms with Crippen LogP contribution in [0.15, 0.2) is 205 Å². The normalized spacial score (nSPS) is 13.6. The van der Waals surface area contributed by atoms with E-state index in [1.165, 1.54) is 97.9 Å². The summed E-state index contributed by atoms with van der Waals surface area (Å²) in [5.74, 6) is -0.0183. The Kier molecular flexibility index (Phi) is 7.89. The maximum Gasteiger partial charge on any atom is 0.136 e. The van der Waals surface area contributed by atoms with Crippen molar-refractivity contribution in [3.8, 4) is 44.5 Å². The largest absolute Gasteiger partial charge is 0.456 e. The lowest BCUT2D eigenvalue weighted by atomic mass is 9.78. The number of hydrogen-bond acceptors (Lipinski definition) is 2. The summed E-state index contributed by atoms with van der Waals surface area (Å²) in [5, 5.41) is 4.94. The Balaban J connectivity index is 1.08. The summed E-state index contributed by atoms with van der Waals surface area (Å²) in [6.45, 7) is 4.77. The number of benzene rings is 9. The third-order valence-electron chi connectivity index (χ3n) is 13.0. The molecular formula is C58H40OS. The van der Waals surface area contributed by atoms with Crippen molar-refractivity contribution in [2.45, 2.75) is 25.2 Å². The molecule has 9 aromatic carbocycles. The minimum absolute atomic E-state index is 0.0183. The summed E-state index contributed by atoms with van der Waals surface area (Å²) in [5.41, 5.74) is 18.3. The molecule has 1 aliphatic carbocycles. The summed E-state index contributed by atoms with van der Waals surface area (Å²) in [7, 11) is 0. The van der Waals surface area contributed by atoms with E-state index >= 15 is 0 Å². The van der Waals surface area contributed by atoms with Crippen LogP contribution in [-0.2, 0) is 5.41 Å². The first kappa shape index (κ1) is 35.0. The van der Waals surface area contributed by atoms with Gasteiger partial charge in [0.25, 0.3) is 0 Å². The molecule has 60 heavy (non-hydrogen) atoms. The Morgan fingerprint density at radius 3 is 1.97 bits per heavy atom. The van der Waals surface area contributed by atoms with Gasteiger partial charge in [-0.3, -0.25) is 0 Å². The molecule has 0 spiro atoms. The van der Waals surface area contributed by atoms with Crippen molar-refractivity contribution in [1.82, 2.24) is 0 Å². The zero-order valence-electron chi connectivity index (χ0n) is 33.4. The zero-order chi connectivity index (χ0) is 40.0. The van der Waals surface area contributed by atoms with Crippen LogP contribution in [-0.4, -0.2) is 0 Å². The molecule has 0 amide bonds. The highest BCUT2D eigenvalue weighted by Crippen LogP contribution is 2.54. The molecule has 1 aliphatic rings. The minimum atomic E-state index is -0.171. The van der Waals surface area contributed by atoms with Crippen molar-refractivity contribution in [2.75, 3.05) is 0 Å².